The molecule has 0 saturated heterocycles. The van der Waals surface area contributed by atoms with Gasteiger partial charge in [-0.25, -0.2) is 4.39 Å². The Balaban J connectivity index is 2.43. The number of aldehydes is 1. The van der Waals surface area contributed by atoms with Gasteiger partial charge in [-0.15, -0.1) is 0 Å². The van der Waals surface area contributed by atoms with Crippen molar-refractivity contribution in [1.82, 2.24) is 0 Å². The van der Waals surface area contributed by atoms with E-state index < -0.39 is 0 Å². The van der Waals surface area contributed by atoms with Crippen molar-refractivity contribution in [2.75, 3.05) is 0 Å². The van der Waals surface area contributed by atoms with Gasteiger partial charge in [0, 0.05) is 5.57 Å². The highest BCUT2D eigenvalue weighted by Gasteiger charge is 2.02. The van der Waals surface area contributed by atoms with Crippen LogP contribution in [0.4, 0.5) is 4.39 Å². The van der Waals surface area contributed by atoms with E-state index in [-0.39, 0.29) is 5.82 Å². The van der Waals surface area contributed by atoms with Crippen LogP contribution in [0.3, 0.4) is 0 Å². The number of carbonyl (C=O) groups excluding carboxylic acids is 1. The Morgan fingerprint density at radius 1 is 1.06 bits per heavy atom. The first-order valence-corrected chi connectivity index (χ1v) is 5.69. The van der Waals surface area contributed by atoms with Gasteiger partial charge >= 0.3 is 0 Å². The predicted molar refractivity (Wildman–Crippen MR) is 71.5 cm³/mol. The minimum absolute atomic E-state index is 0.306. The largest absolute Gasteiger partial charge is 0.298 e. The van der Waals surface area contributed by atoms with Crippen LogP contribution in [0.2, 0.25) is 0 Å². The lowest BCUT2D eigenvalue weighted by molar-refractivity contribution is -0.103. The van der Waals surface area contributed by atoms with E-state index in [9.17, 15) is 9.18 Å². The van der Waals surface area contributed by atoms with E-state index in [1.807, 2.05) is 37.3 Å². The molecule has 0 unspecified atom stereocenters. The van der Waals surface area contributed by atoms with Crippen molar-refractivity contribution >= 4 is 17.9 Å². The Hall–Kier alpha value is -2.22. The van der Waals surface area contributed by atoms with Crippen molar-refractivity contribution in [1.29, 1.82) is 0 Å². The lowest BCUT2D eigenvalue weighted by atomic mass is 10.0. The van der Waals surface area contributed by atoms with Gasteiger partial charge < -0.3 is 0 Å². The van der Waals surface area contributed by atoms with E-state index in [0.29, 0.717) is 5.57 Å². The molecule has 0 spiro atoms. The second-order valence-electron chi connectivity index (χ2n) is 4.08. The molecule has 0 bridgehead atoms. The van der Waals surface area contributed by atoms with Crippen LogP contribution in [0, 0.1) is 12.7 Å². The summed E-state index contributed by atoms with van der Waals surface area (Å²) in [6.07, 6.45) is 2.61. The maximum absolute atomic E-state index is 12.8. The Bertz CT molecular complexity index is 582. The highest BCUT2D eigenvalue weighted by Crippen LogP contribution is 2.18. The third kappa shape index (κ3) is 2.72. The average molecular weight is 240 g/mol. The molecule has 18 heavy (non-hydrogen) atoms. The maximum atomic E-state index is 12.8. The number of benzene rings is 2. The van der Waals surface area contributed by atoms with Crippen molar-refractivity contribution in [2.24, 2.45) is 0 Å². The van der Waals surface area contributed by atoms with Crippen LogP contribution in [-0.4, -0.2) is 6.29 Å². The van der Waals surface area contributed by atoms with E-state index in [4.69, 9.17) is 0 Å². The quantitative estimate of drug-likeness (QED) is 0.452. The van der Waals surface area contributed by atoms with Gasteiger partial charge in [0.1, 0.15) is 5.82 Å². The number of rotatable bonds is 3. The van der Waals surface area contributed by atoms with Crippen LogP contribution in [0.25, 0.3) is 11.6 Å². The molecule has 0 fully saturated rings. The molecule has 90 valence electrons. The Labute approximate surface area is 106 Å². The summed E-state index contributed by atoms with van der Waals surface area (Å²) in [5.74, 6) is -0.306. The Morgan fingerprint density at radius 3 is 2.33 bits per heavy atom. The molecule has 2 aromatic carbocycles. The van der Waals surface area contributed by atoms with Gasteiger partial charge in [0.05, 0.1) is 0 Å². The molecule has 0 atom stereocenters. The zero-order valence-electron chi connectivity index (χ0n) is 10.1. The molecule has 0 N–H and O–H groups in total. The summed E-state index contributed by atoms with van der Waals surface area (Å²) >= 11 is 0. The van der Waals surface area contributed by atoms with E-state index in [1.165, 1.54) is 12.1 Å². The van der Waals surface area contributed by atoms with E-state index in [0.717, 1.165) is 23.0 Å². The second-order valence-corrected chi connectivity index (χ2v) is 4.08. The minimum atomic E-state index is -0.306. The van der Waals surface area contributed by atoms with Gasteiger partial charge in [-0.05, 0) is 41.8 Å². The van der Waals surface area contributed by atoms with Crippen molar-refractivity contribution in [3.63, 3.8) is 0 Å². The van der Waals surface area contributed by atoms with Crippen LogP contribution in [0.1, 0.15) is 16.7 Å². The van der Waals surface area contributed by atoms with Crippen molar-refractivity contribution in [2.45, 2.75) is 6.92 Å². The SMILES string of the molecule is Cc1ccccc1C=C(C=O)c1ccc(F)cc1. The zero-order valence-corrected chi connectivity index (χ0v) is 10.1. The third-order valence-electron chi connectivity index (χ3n) is 2.80. The molecule has 0 aliphatic carbocycles. The highest BCUT2D eigenvalue weighted by molar-refractivity contribution is 6.13. The molecule has 0 heterocycles. The van der Waals surface area contributed by atoms with Crippen LogP contribution >= 0.6 is 0 Å². The standard InChI is InChI=1S/C16H13FO/c1-12-4-2-3-5-14(12)10-15(11-18)13-6-8-16(17)9-7-13/h2-11H,1H3. The van der Waals surface area contributed by atoms with Gasteiger partial charge in [-0.1, -0.05) is 36.4 Å². The topological polar surface area (TPSA) is 17.1 Å². The summed E-state index contributed by atoms with van der Waals surface area (Å²) in [4.78, 5) is 11.1. The fourth-order valence-electron chi connectivity index (χ4n) is 1.74. The lowest BCUT2D eigenvalue weighted by Gasteiger charge is -2.03. The average Bonchev–Trinajstić information content (AvgIpc) is 2.39. The number of aryl methyl sites for hydroxylation is 1. The molecule has 0 saturated carbocycles. The Kier molecular flexibility index (Phi) is 3.68. The Morgan fingerprint density at radius 2 is 1.72 bits per heavy atom. The molecule has 0 aromatic heterocycles. The lowest BCUT2D eigenvalue weighted by Crippen LogP contribution is -1.88. The molecule has 2 rings (SSSR count). The summed E-state index contributed by atoms with van der Waals surface area (Å²) in [6.45, 7) is 1.99. The summed E-state index contributed by atoms with van der Waals surface area (Å²) in [5, 5.41) is 0. The number of halogens is 1. The van der Waals surface area contributed by atoms with E-state index in [2.05, 4.69) is 0 Å². The third-order valence-corrected chi connectivity index (χ3v) is 2.80. The summed E-state index contributed by atoms with van der Waals surface area (Å²) in [5.41, 5.74) is 3.35. The molecular weight excluding hydrogens is 227 g/mol. The molecule has 2 heteroatoms. The van der Waals surface area contributed by atoms with E-state index >= 15 is 0 Å². The number of allylic oxidation sites excluding steroid dienone is 1. The molecule has 0 aliphatic heterocycles. The van der Waals surface area contributed by atoms with E-state index in [1.54, 1.807) is 12.1 Å². The normalized spacial score (nSPS) is 11.3. The van der Waals surface area contributed by atoms with Crippen molar-refractivity contribution < 1.29 is 9.18 Å². The van der Waals surface area contributed by atoms with Crippen LogP contribution in [0.15, 0.2) is 48.5 Å². The maximum Gasteiger partial charge on any atom is 0.150 e. The van der Waals surface area contributed by atoms with Crippen LogP contribution in [-0.2, 0) is 4.79 Å². The van der Waals surface area contributed by atoms with Crippen molar-refractivity contribution in [3.05, 3.63) is 71.0 Å². The fraction of sp³-hybridized carbons (Fsp3) is 0.0625. The highest BCUT2D eigenvalue weighted by atomic mass is 19.1. The smallest absolute Gasteiger partial charge is 0.150 e. The monoisotopic (exact) mass is 240 g/mol. The minimum Gasteiger partial charge on any atom is -0.298 e. The number of carbonyl (C=O) groups is 1. The fourth-order valence-corrected chi connectivity index (χ4v) is 1.74. The van der Waals surface area contributed by atoms with Gasteiger partial charge in [0.25, 0.3) is 0 Å². The molecule has 1 nitrogen and oxygen atoms in total. The van der Waals surface area contributed by atoms with Gasteiger partial charge in [-0.3, -0.25) is 4.79 Å². The zero-order chi connectivity index (χ0) is 13.0. The number of hydrogen-bond donors (Lipinski definition) is 0. The number of hydrogen-bond acceptors (Lipinski definition) is 1. The first-order valence-electron chi connectivity index (χ1n) is 5.69. The van der Waals surface area contributed by atoms with Gasteiger partial charge in [0.15, 0.2) is 6.29 Å². The molecule has 0 amide bonds. The molecule has 2 aromatic rings. The predicted octanol–water partition coefficient (Wildman–Crippen LogP) is 3.87. The second kappa shape index (κ2) is 5.41. The van der Waals surface area contributed by atoms with Gasteiger partial charge in [0.2, 0.25) is 0 Å². The molecular formula is C16H13FO. The first-order chi connectivity index (χ1) is 8.70. The van der Waals surface area contributed by atoms with Crippen LogP contribution < -0.4 is 0 Å². The summed E-state index contributed by atoms with van der Waals surface area (Å²) in [7, 11) is 0. The molecule has 0 aliphatic rings. The molecule has 0 radical (unpaired) electrons. The first kappa shape index (κ1) is 12.2. The summed E-state index contributed by atoms with van der Waals surface area (Å²) in [6, 6.07) is 13.7. The summed E-state index contributed by atoms with van der Waals surface area (Å²) < 4.78 is 12.8. The van der Waals surface area contributed by atoms with Gasteiger partial charge in [-0.2, -0.15) is 0 Å². The van der Waals surface area contributed by atoms with Crippen molar-refractivity contribution in [3.8, 4) is 0 Å². The van der Waals surface area contributed by atoms with Crippen LogP contribution in [0.5, 0.6) is 0 Å².